The number of rotatable bonds is 5. The molecule has 3 fully saturated rings. The summed E-state index contributed by atoms with van der Waals surface area (Å²) in [5.41, 5.74) is 0.190. The fourth-order valence-corrected chi connectivity index (χ4v) is 5.44. The van der Waals surface area contributed by atoms with Crippen molar-refractivity contribution in [3.8, 4) is 5.75 Å². The van der Waals surface area contributed by atoms with Gasteiger partial charge in [0.2, 0.25) is 0 Å². The quantitative estimate of drug-likeness (QED) is 0.441. The first-order valence-electron chi connectivity index (χ1n) is 12.5. The van der Waals surface area contributed by atoms with Gasteiger partial charge in [-0.25, -0.2) is 4.79 Å². The average molecular weight is 591 g/mol. The number of halogens is 9. The molecule has 2 atom stereocenters. The van der Waals surface area contributed by atoms with E-state index in [-0.39, 0.29) is 37.0 Å². The van der Waals surface area contributed by atoms with Crippen LogP contribution < -0.4 is 4.74 Å². The van der Waals surface area contributed by atoms with Gasteiger partial charge in [0.1, 0.15) is 5.75 Å². The predicted molar refractivity (Wildman–Crippen MR) is 119 cm³/mol. The molecule has 0 aromatic heterocycles. The molecule has 3 heterocycles. The molecular formula is C24H26F9N3O4. The number of hydrogen-bond acceptors (Lipinski definition) is 5. The second-order valence-electron chi connectivity index (χ2n) is 10.2. The fourth-order valence-electron chi connectivity index (χ4n) is 5.44. The second kappa shape index (κ2) is 11.2. The van der Waals surface area contributed by atoms with Crippen molar-refractivity contribution in [1.29, 1.82) is 0 Å². The maximum atomic E-state index is 13.1. The number of likely N-dealkylation sites (tertiary alicyclic amines) is 3. The monoisotopic (exact) mass is 591 g/mol. The summed E-state index contributed by atoms with van der Waals surface area (Å²) in [7, 11) is 0. The molecule has 1 aromatic carbocycles. The van der Waals surface area contributed by atoms with E-state index in [1.54, 1.807) is 0 Å². The summed E-state index contributed by atoms with van der Waals surface area (Å²) in [4.78, 5) is 29.0. The molecule has 0 radical (unpaired) electrons. The van der Waals surface area contributed by atoms with Crippen molar-refractivity contribution in [3.63, 3.8) is 0 Å². The molecule has 7 nitrogen and oxygen atoms in total. The van der Waals surface area contributed by atoms with E-state index >= 15 is 0 Å². The van der Waals surface area contributed by atoms with Crippen molar-refractivity contribution in [3.05, 3.63) is 29.3 Å². The molecule has 1 aromatic rings. The molecule has 40 heavy (non-hydrogen) atoms. The topological polar surface area (TPSA) is 62.3 Å². The van der Waals surface area contributed by atoms with Crippen LogP contribution in [0.3, 0.4) is 0 Å². The minimum atomic E-state index is -5.82. The molecule has 3 aliphatic heterocycles. The van der Waals surface area contributed by atoms with Crippen molar-refractivity contribution in [2.45, 2.75) is 50.6 Å². The molecule has 3 saturated heterocycles. The maximum Gasteiger partial charge on any atom is 0.573 e. The van der Waals surface area contributed by atoms with Gasteiger partial charge in [-0.1, -0.05) is 6.07 Å². The molecule has 224 valence electrons. The van der Waals surface area contributed by atoms with Gasteiger partial charge >= 0.3 is 24.8 Å². The number of benzene rings is 1. The number of hydrogen-bond donors (Lipinski definition) is 0. The molecule has 4 rings (SSSR count). The first kappa shape index (κ1) is 30.1. The highest BCUT2D eigenvalue weighted by molar-refractivity contribution is 5.97. The van der Waals surface area contributed by atoms with Gasteiger partial charge in [0.05, 0.1) is 5.56 Å². The zero-order valence-corrected chi connectivity index (χ0v) is 20.9. The van der Waals surface area contributed by atoms with E-state index in [4.69, 9.17) is 0 Å². The Balaban J connectivity index is 1.38. The molecule has 2 unspecified atom stereocenters. The van der Waals surface area contributed by atoms with Crippen LogP contribution in [0.25, 0.3) is 0 Å². The third-order valence-corrected chi connectivity index (χ3v) is 7.18. The summed E-state index contributed by atoms with van der Waals surface area (Å²) in [5.74, 6) is -1.76. The van der Waals surface area contributed by atoms with Crippen LogP contribution >= 0.6 is 0 Å². The predicted octanol–water partition coefficient (Wildman–Crippen LogP) is 5.20. The average Bonchev–Trinajstić information content (AvgIpc) is 3.39. The SMILES string of the molecule is O=C(OC(C(F)(F)F)C(F)(F)F)N1CC2CN(Cc3ccc(C(=O)N4CCCCC4)c(OC(F)(F)F)c3)CC2C1. The summed E-state index contributed by atoms with van der Waals surface area (Å²) in [6, 6.07) is 3.92. The zero-order valence-electron chi connectivity index (χ0n) is 20.9. The highest BCUT2D eigenvalue weighted by atomic mass is 19.4. The van der Waals surface area contributed by atoms with Gasteiger partial charge in [-0.3, -0.25) is 9.69 Å². The van der Waals surface area contributed by atoms with Crippen LogP contribution in [-0.4, -0.2) is 90.8 Å². The Bertz CT molecular complexity index is 1060. The summed E-state index contributed by atoms with van der Waals surface area (Å²) in [6.07, 6.45) is -20.2. The third kappa shape index (κ3) is 7.23. The Kier molecular flexibility index (Phi) is 8.39. The van der Waals surface area contributed by atoms with E-state index in [9.17, 15) is 49.1 Å². The van der Waals surface area contributed by atoms with Crippen LogP contribution in [-0.2, 0) is 11.3 Å². The van der Waals surface area contributed by atoms with Gasteiger partial charge < -0.3 is 19.3 Å². The lowest BCUT2D eigenvalue weighted by molar-refractivity contribution is -0.308. The van der Waals surface area contributed by atoms with Crippen LogP contribution in [0.4, 0.5) is 44.3 Å². The smallest absolute Gasteiger partial charge is 0.426 e. The number of piperidine rings is 1. The van der Waals surface area contributed by atoms with Crippen LogP contribution in [0.15, 0.2) is 18.2 Å². The number of fused-ring (bicyclic) bond motifs is 1. The largest absolute Gasteiger partial charge is 0.573 e. The van der Waals surface area contributed by atoms with E-state index in [1.165, 1.54) is 17.0 Å². The summed E-state index contributed by atoms with van der Waals surface area (Å²) in [6.45, 7) is 1.33. The molecule has 0 bridgehead atoms. The van der Waals surface area contributed by atoms with Gasteiger partial charge in [-0.05, 0) is 48.8 Å². The summed E-state index contributed by atoms with van der Waals surface area (Å²) in [5, 5.41) is 0. The normalized spacial score (nSPS) is 22.6. The van der Waals surface area contributed by atoms with Crippen molar-refractivity contribution < 1.29 is 58.6 Å². The lowest BCUT2D eigenvalue weighted by Crippen LogP contribution is -2.48. The minimum absolute atomic E-state index is 0.131. The number of carbonyl (C=O) groups excluding carboxylic acids is 2. The molecule has 0 N–H and O–H groups in total. The first-order chi connectivity index (χ1) is 18.5. The molecular weight excluding hydrogens is 565 g/mol. The van der Waals surface area contributed by atoms with Gasteiger partial charge in [-0.15, -0.1) is 13.2 Å². The van der Waals surface area contributed by atoms with E-state index in [0.717, 1.165) is 30.2 Å². The lowest BCUT2D eigenvalue weighted by atomic mass is 10.0. The fraction of sp³-hybridized carbons (Fsp3) is 0.667. The number of nitrogens with zero attached hydrogens (tertiary/aromatic N) is 3. The number of ether oxygens (including phenoxy) is 2. The molecule has 0 spiro atoms. The third-order valence-electron chi connectivity index (χ3n) is 7.18. The lowest BCUT2D eigenvalue weighted by Gasteiger charge is -2.28. The Morgan fingerprint density at radius 2 is 1.40 bits per heavy atom. The number of alkyl halides is 9. The van der Waals surface area contributed by atoms with E-state index < -0.39 is 42.6 Å². The van der Waals surface area contributed by atoms with Crippen LogP contribution in [0.5, 0.6) is 5.75 Å². The van der Waals surface area contributed by atoms with E-state index in [2.05, 4.69) is 9.47 Å². The Morgan fingerprint density at radius 3 is 1.93 bits per heavy atom. The molecule has 3 aliphatic rings. The first-order valence-corrected chi connectivity index (χ1v) is 12.5. The van der Waals surface area contributed by atoms with Gasteiger partial charge in [0, 0.05) is 45.8 Å². The van der Waals surface area contributed by atoms with Crippen LogP contribution in [0, 0.1) is 11.8 Å². The molecule has 16 heteroatoms. The minimum Gasteiger partial charge on any atom is -0.426 e. The Morgan fingerprint density at radius 1 is 0.825 bits per heavy atom. The highest BCUT2D eigenvalue weighted by Gasteiger charge is 2.60. The standard InChI is InChI=1S/C24H26F9N3O4/c25-22(26,27)20(23(28,29)30)39-21(38)36-12-15-10-34(11-16(15)13-36)9-14-4-5-17(18(8-14)40-24(31,32)33)19(37)35-6-2-1-3-7-35/h4-5,8,15-16,20H,1-3,6-7,9-13H2. The van der Waals surface area contributed by atoms with E-state index in [1.807, 2.05) is 4.90 Å². The van der Waals surface area contributed by atoms with Crippen molar-refractivity contribution in [2.24, 2.45) is 11.8 Å². The van der Waals surface area contributed by atoms with Crippen molar-refractivity contribution in [1.82, 2.24) is 14.7 Å². The van der Waals surface area contributed by atoms with Gasteiger partial charge in [-0.2, -0.15) is 26.3 Å². The van der Waals surface area contributed by atoms with Crippen LogP contribution in [0.2, 0.25) is 0 Å². The van der Waals surface area contributed by atoms with E-state index in [0.29, 0.717) is 31.7 Å². The van der Waals surface area contributed by atoms with Gasteiger partial charge in [0.25, 0.3) is 12.0 Å². The van der Waals surface area contributed by atoms with Crippen LogP contribution in [0.1, 0.15) is 35.2 Å². The van der Waals surface area contributed by atoms with Gasteiger partial charge in [0.15, 0.2) is 0 Å². The molecule has 0 aliphatic carbocycles. The zero-order chi connectivity index (χ0) is 29.5. The Labute approximate surface area is 222 Å². The molecule has 2 amide bonds. The summed E-state index contributed by atoms with van der Waals surface area (Å²) < 4.78 is 124. The highest BCUT2D eigenvalue weighted by Crippen LogP contribution is 2.38. The number of amides is 2. The van der Waals surface area contributed by atoms with Crippen molar-refractivity contribution in [2.75, 3.05) is 39.3 Å². The summed E-state index contributed by atoms with van der Waals surface area (Å²) >= 11 is 0. The molecule has 0 saturated carbocycles. The maximum absolute atomic E-state index is 13.1. The van der Waals surface area contributed by atoms with Crippen molar-refractivity contribution >= 4 is 12.0 Å². The Hall–Kier alpha value is -2.91. The second-order valence-corrected chi connectivity index (χ2v) is 10.2. The number of carbonyl (C=O) groups is 2.